The Morgan fingerprint density at radius 1 is 1.30 bits per heavy atom. The number of pyridine rings is 1. The van der Waals surface area contributed by atoms with E-state index in [4.69, 9.17) is 0 Å². The smallest absolute Gasteiger partial charge is 0.274 e. The zero-order valence-corrected chi connectivity index (χ0v) is 11.4. The topological polar surface area (TPSA) is 54.0 Å². The second-order valence-corrected chi connectivity index (χ2v) is 4.38. The summed E-state index contributed by atoms with van der Waals surface area (Å²) in [5, 5.41) is 5.55. The van der Waals surface area contributed by atoms with Crippen LogP contribution in [0.25, 0.3) is 0 Å². The highest BCUT2D eigenvalue weighted by atomic mass is 19.1. The Balaban J connectivity index is 2.19. The minimum atomic E-state index is -0.466. The van der Waals surface area contributed by atoms with Crippen molar-refractivity contribution in [2.45, 2.75) is 13.8 Å². The molecule has 0 saturated carbocycles. The van der Waals surface area contributed by atoms with Crippen LogP contribution in [0, 0.1) is 12.7 Å². The Kier molecular flexibility index (Phi) is 4.30. The van der Waals surface area contributed by atoms with Crippen molar-refractivity contribution in [2.75, 3.05) is 17.2 Å². The maximum absolute atomic E-state index is 13.6. The molecule has 0 atom stereocenters. The van der Waals surface area contributed by atoms with Gasteiger partial charge in [-0.25, -0.2) is 9.37 Å². The summed E-state index contributed by atoms with van der Waals surface area (Å²) in [5.41, 5.74) is 1.27. The summed E-state index contributed by atoms with van der Waals surface area (Å²) < 4.78 is 13.6. The molecule has 2 N–H and O–H groups in total. The molecule has 5 heteroatoms. The number of nitrogens with one attached hydrogen (secondary N) is 2. The average molecular weight is 273 g/mol. The van der Waals surface area contributed by atoms with Crippen LogP contribution in [0.15, 0.2) is 36.4 Å². The zero-order valence-electron chi connectivity index (χ0n) is 11.4. The van der Waals surface area contributed by atoms with Crippen molar-refractivity contribution < 1.29 is 9.18 Å². The van der Waals surface area contributed by atoms with E-state index in [9.17, 15) is 9.18 Å². The molecule has 1 aromatic heterocycles. The fraction of sp³-hybridized carbons (Fsp3) is 0.200. The lowest BCUT2D eigenvalue weighted by atomic mass is 10.2. The van der Waals surface area contributed by atoms with Gasteiger partial charge >= 0.3 is 0 Å². The van der Waals surface area contributed by atoms with E-state index in [1.54, 1.807) is 30.3 Å². The normalized spacial score (nSPS) is 10.2. The number of aromatic nitrogens is 1. The maximum atomic E-state index is 13.6. The van der Waals surface area contributed by atoms with Crippen molar-refractivity contribution in [3.63, 3.8) is 0 Å². The first-order valence-corrected chi connectivity index (χ1v) is 6.38. The van der Waals surface area contributed by atoms with Crippen LogP contribution in [0.1, 0.15) is 23.0 Å². The molecule has 2 rings (SSSR count). The van der Waals surface area contributed by atoms with E-state index in [2.05, 4.69) is 15.6 Å². The Morgan fingerprint density at radius 2 is 2.10 bits per heavy atom. The molecular formula is C15H16FN3O. The number of carbonyl (C=O) groups is 1. The van der Waals surface area contributed by atoms with Gasteiger partial charge in [0.05, 0.1) is 5.69 Å². The van der Waals surface area contributed by atoms with Gasteiger partial charge in [0.15, 0.2) is 0 Å². The fourth-order valence-electron chi connectivity index (χ4n) is 1.76. The van der Waals surface area contributed by atoms with Crippen molar-refractivity contribution in [3.05, 3.63) is 53.5 Å². The largest absolute Gasteiger partial charge is 0.370 e. The number of aryl methyl sites for hydroxylation is 1. The summed E-state index contributed by atoms with van der Waals surface area (Å²) in [6.07, 6.45) is 0. The molecule has 0 bridgehead atoms. The van der Waals surface area contributed by atoms with Gasteiger partial charge in [0.1, 0.15) is 17.3 Å². The van der Waals surface area contributed by atoms with E-state index in [1.807, 2.05) is 13.8 Å². The van der Waals surface area contributed by atoms with Crippen LogP contribution >= 0.6 is 0 Å². The van der Waals surface area contributed by atoms with Crippen molar-refractivity contribution in [2.24, 2.45) is 0 Å². The molecule has 0 radical (unpaired) electrons. The molecule has 4 nitrogen and oxygen atoms in total. The van der Waals surface area contributed by atoms with Crippen molar-refractivity contribution in [1.29, 1.82) is 0 Å². The minimum absolute atomic E-state index is 0.158. The standard InChI is InChI=1S/C15H16FN3O/c1-3-17-14-6-4-5-12(18-14)15(20)19-13-9-10(2)7-8-11(13)16/h4-9H,3H2,1-2H3,(H,17,18)(H,19,20). The van der Waals surface area contributed by atoms with E-state index in [0.29, 0.717) is 12.4 Å². The number of rotatable bonds is 4. The molecule has 0 aliphatic heterocycles. The van der Waals surface area contributed by atoms with Gasteiger partial charge in [0.25, 0.3) is 5.91 Å². The SMILES string of the molecule is CCNc1cccc(C(=O)Nc2cc(C)ccc2F)n1. The molecule has 0 unspecified atom stereocenters. The number of carbonyl (C=O) groups excluding carboxylic acids is 1. The average Bonchev–Trinajstić information content (AvgIpc) is 2.43. The predicted molar refractivity (Wildman–Crippen MR) is 77.5 cm³/mol. The second kappa shape index (κ2) is 6.14. The molecule has 0 aliphatic rings. The summed E-state index contributed by atoms with van der Waals surface area (Å²) in [4.78, 5) is 16.2. The molecule has 0 spiro atoms. The van der Waals surface area contributed by atoms with Gasteiger partial charge in [-0.05, 0) is 43.7 Å². The first-order valence-electron chi connectivity index (χ1n) is 6.38. The molecule has 0 fully saturated rings. The lowest BCUT2D eigenvalue weighted by Crippen LogP contribution is -2.15. The molecule has 0 saturated heterocycles. The molecule has 2 aromatic rings. The van der Waals surface area contributed by atoms with Crippen molar-refractivity contribution >= 4 is 17.4 Å². The molecule has 1 amide bonds. The van der Waals surface area contributed by atoms with E-state index >= 15 is 0 Å². The Labute approximate surface area is 117 Å². The summed E-state index contributed by atoms with van der Waals surface area (Å²) in [6.45, 7) is 4.49. The van der Waals surface area contributed by atoms with Gasteiger partial charge < -0.3 is 10.6 Å². The third-order valence-corrected chi connectivity index (χ3v) is 2.71. The van der Waals surface area contributed by atoms with E-state index in [0.717, 1.165) is 5.56 Å². The number of amides is 1. The highest BCUT2D eigenvalue weighted by Gasteiger charge is 2.11. The molecule has 1 heterocycles. The van der Waals surface area contributed by atoms with Crippen LogP contribution in [-0.2, 0) is 0 Å². The first-order chi connectivity index (χ1) is 9.60. The Hall–Kier alpha value is -2.43. The summed E-state index contributed by atoms with van der Waals surface area (Å²) >= 11 is 0. The Morgan fingerprint density at radius 3 is 2.85 bits per heavy atom. The van der Waals surface area contributed by atoms with Crippen molar-refractivity contribution in [3.8, 4) is 0 Å². The van der Waals surface area contributed by atoms with Crippen molar-refractivity contribution in [1.82, 2.24) is 4.98 Å². The first kappa shape index (κ1) is 14.0. The molecule has 20 heavy (non-hydrogen) atoms. The summed E-state index contributed by atoms with van der Waals surface area (Å²) in [5.74, 6) is -0.286. The van der Waals surface area contributed by atoms with Gasteiger partial charge in [-0.15, -0.1) is 0 Å². The number of nitrogens with zero attached hydrogens (tertiary/aromatic N) is 1. The number of halogens is 1. The molecule has 104 valence electrons. The van der Waals surface area contributed by atoms with Gasteiger partial charge in [-0.2, -0.15) is 0 Å². The monoisotopic (exact) mass is 273 g/mol. The third-order valence-electron chi connectivity index (χ3n) is 2.71. The van der Waals surface area contributed by atoms with Gasteiger partial charge in [-0.3, -0.25) is 4.79 Å². The number of hydrogen-bond donors (Lipinski definition) is 2. The van der Waals surface area contributed by atoms with Gasteiger partial charge in [0.2, 0.25) is 0 Å². The van der Waals surface area contributed by atoms with E-state index < -0.39 is 11.7 Å². The lowest BCUT2D eigenvalue weighted by Gasteiger charge is -2.08. The number of hydrogen-bond acceptors (Lipinski definition) is 3. The van der Waals surface area contributed by atoms with E-state index in [-0.39, 0.29) is 11.4 Å². The van der Waals surface area contributed by atoms with Crippen LogP contribution in [0.3, 0.4) is 0 Å². The Bertz CT molecular complexity index is 628. The molecule has 1 aromatic carbocycles. The van der Waals surface area contributed by atoms with Crippen LogP contribution in [0.2, 0.25) is 0 Å². The number of anilines is 2. The van der Waals surface area contributed by atoms with Crippen LogP contribution in [0.4, 0.5) is 15.9 Å². The summed E-state index contributed by atoms with van der Waals surface area (Å²) in [6, 6.07) is 9.65. The minimum Gasteiger partial charge on any atom is -0.370 e. The van der Waals surface area contributed by atoms with Gasteiger partial charge in [0, 0.05) is 6.54 Å². The summed E-state index contributed by atoms with van der Waals surface area (Å²) in [7, 11) is 0. The second-order valence-electron chi connectivity index (χ2n) is 4.38. The van der Waals surface area contributed by atoms with Crippen LogP contribution in [-0.4, -0.2) is 17.4 Å². The van der Waals surface area contributed by atoms with Gasteiger partial charge in [-0.1, -0.05) is 12.1 Å². The maximum Gasteiger partial charge on any atom is 0.274 e. The highest BCUT2D eigenvalue weighted by molar-refractivity contribution is 6.03. The predicted octanol–water partition coefficient (Wildman–Crippen LogP) is 3.21. The highest BCUT2D eigenvalue weighted by Crippen LogP contribution is 2.16. The van der Waals surface area contributed by atoms with E-state index in [1.165, 1.54) is 6.07 Å². The third kappa shape index (κ3) is 3.32. The quantitative estimate of drug-likeness (QED) is 0.899. The van der Waals surface area contributed by atoms with Crippen LogP contribution in [0.5, 0.6) is 0 Å². The lowest BCUT2D eigenvalue weighted by molar-refractivity contribution is 0.102. The van der Waals surface area contributed by atoms with Crippen LogP contribution < -0.4 is 10.6 Å². The molecular weight excluding hydrogens is 257 g/mol. The number of benzene rings is 1. The molecule has 0 aliphatic carbocycles. The zero-order chi connectivity index (χ0) is 14.5. The fourth-order valence-corrected chi connectivity index (χ4v) is 1.76.